The minimum atomic E-state index is -1.81. The molecule has 1 fully saturated rings. The number of morpholine rings is 1. The molecule has 2 aromatic heterocycles. The molecule has 2 aliphatic rings. The van der Waals surface area contributed by atoms with Gasteiger partial charge in [0.25, 0.3) is 29.5 Å². The number of carbonyl (C=O) groups excluding carboxylic acids is 6. The highest BCUT2D eigenvalue weighted by Gasteiger charge is 2.44. The quantitative estimate of drug-likeness (QED) is 0.178. The number of halogens is 1. The monoisotopic (exact) mass is 711 g/mol. The number of aromatic nitrogens is 3. The number of primary amides is 1. The first kappa shape index (κ1) is 33.2. The van der Waals surface area contributed by atoms with Crippen molar-refractivity contribution in [2.24, 2.45) is 5.73 Å². The molecule has 2 unspecified atom stereocenters. The molecule has 2 aliphatic heterocycles. The molecule has 4 heterocycles. The second kappa shape index (κ2) is 12.8. The van der Waals surface area contributed by atoms with Crippen molar-refractivity contribution in [1.29, 1.82) is 0 Å². The number of nitrogens with two attached hydrogens (primary N) is 1. The molecular formula is C34H26FN7O8S. The van der Waals surface area contributed by atoms with Crippen molar-refractivity contribution in [2.45, 2.75) is 26.1 Å². The Kier molecular flexibility index (Phi) is 8.36. The van der Waals surface area contributed by atoms with E-state index in [4.69, 9.17) is 15.2 Å². The van der Waals surface area contributed by atoms with E-state index in [1.165, 1.54) is 58.1 Å². The van der Waals surface area contributed by atoms with Gasteiger partial charge in [-0.2, -0.15) is 4.37 Å². The van der Waals surface area contributed by atoms with Gasteiger partial charge in [0.2, 0.25) is 6.10 Å². The van der Waals surface area contributed by atoms with E-state index >= 15 is 0 Å². The van der Waals surface area contributed by atoms with E-state index in [0.29, 0.717) is 11.4 Å². The maximum absolute atomic E-state index is 13.8. The fourth-order valence-electron chi connectivity index (χ4n) is 6.00. The highest BCUT2D eigenvalue weighted by atomic mass is 32.1. The zero-order valence-electron chi connectivity index (χ0n) is 26.8. The lowest BCUT2D eigenvalue weighted by molar-refractivity contribution is -0.167. The smallest absolute Gasteiger partial charge is 0.303 e. The number of hydrogen-bond donors (Lipinski definition) is 2. The largest absolute Gasteiger partial charge is 0.449 e. The Morgan fingerprint density at radius 3 is 2.37 bits per heavy atom. The van der Waals surface area contributed by atoms with Gasteiger partial charge in [-0.1, -0.05) is 12.1 Å². The molecule has 5 amide bonds. The Morgan fingerprint density at radius 2 is 1.73 bits per heavy atom. The summed E-state index contributed by atoms with van der Waals surface area (Å²) < 4.78 is 30.5. The maximum atomic E-state index is 13.8. The molecule has 3 aromatic carbocycles. The van der Waals surface area contributed by atoms with Crippen LogP contribution >= 0.6 is 11.5 Å². The van der Waals surface area contributed by atoms with Gasteiger partial charge in [0.05, 0.1) is 45.9 Å². The molecule has 5 aromatic rings. The SMILES string of the molecule is CC(=O)OC(C(=O)Nc1ccc2c(N3C(=O)c4ccccc4C3=O)nsc2c1C(N)=O)C1OCCN(c2cc(C)n(-c3ccc(F)cc3)n2)C1=O. The molecule has 0 aliphatic carbocycles. The summed E-state index contributed by atoms with van der Waals surface area (Å²) in [6, 6.07) is 16.3. The summed E-state index contributed by atoms with van der Waals surface area (Å²) in [7, 11) is 0. The molecule has 3 N–H and O–H groups in total. The maximum Gasteiger partial charge on any atom is 0.303 e. The molecule has 51 heavy (non-hydrogen) atoms. The third-order valence-corrected chi connectivity index (χ3v) is 9.17. The first-order valence-electron chi connectivity index (χ1n) is 15.4. The van der Waals surface area contributed by atoms with Gasteiger partial charge < -0.3 is 20.5 Å². The second-order valence-corrected chi connectivity index (χ2v) is 12.3. The number of anilines is 3. The van der Waals surface area contributed by atoms with Gasteiger partial charge in [-0.05, 0) is 67.0 Å². The van der Waals surface area contributed by atoms with E-state index in [2.05, 4.69) is 14.8 Å². The average Bonchev–Trinajstić information content (AvgIpc) is 3.77. The van der Waals surface area contributed by atoms with Crippen molar-refractivity contribution in [1.82, 2.24) is 14.2 Å². The number of esters is 1. The number of nitrogens with zero attached hydrogens (tertiary/aromatic N) is 5. The fraction of sp³-hybridized carbons (Fsp3) is 0.176. The molecule has 0 saturated carbocycles. The van der Waals surface area contributed by atoms with E-state index in [9.17, 15) is 33.2 Å². The Balaban J connectivity index is 1.17. The summed E-state index contributed by atoms with van der Waals surface area (Å²) in [5.74, 6) is -5.00. The standard InChI is InChI=1S/C34H26FN7O8S/c1-16-15-24(38-42(16)19-9-7-18(35)8-10-19)40-13-14-49-27(34(40)48)26(50-17(2)43)31(45)37-23-12-11-22-28(25(23)29(36)44)51-39-30(22)41-32(46)20-5-3-4-6-21(20)33(41)47/h3-12,15,26-27H,13-14H2,1-2H3,(H2,36,44)(H,37,45). The van der Waals surface area contributed by atoms with Crippen molar-refractivity contribution >= 4 is 74.4 Å². The van der Waals surface area contributed by atoms with E-state index < -0.39 is 53.5 Å². The highest BCUT2D eigenvalue weighted by molar-refractivity contribution is 7.14. The topological polar surface area (TPSA) is 196 Å². The van der Waals surface area contributed by atoms with Crippen LogP contribution in [0.2, 0.25) is 0 Å². The molecule has 0 radical (unpaired) electrons. The van der Waals surface area contributed by atoms with Crippen LogP contribution in [0.3, 0.4) is 0 Å². The van der Waals surface area contributed by atoms with Crippen LogP contribution in [0.15, 0.2) is 66.7 Å². The molecule has 258 valence electrons. The van der Waals surface area contributed by atoms with Gasteiger partial charge >= 0.3 is 5.97 Å². The lowest BCUT2D eigenvalue weighted by Gasteiger charge is -2.34. The van der Waals surface area contributed by atoms with Crippen molar-refractivity contribution in [3.8, 4) is 5.69 Å². The van der Waals surface area contributed by atoms with Gasteiger partial charge in [-0.25, -0.2) is 14.0 Å². The van der Waals surface area contributed by atoms with E-state index in [1.807, 2.05) is 0 Å². The van der Waals surface area contributed by atoms with E-state index in [-0.39, 0.29) is 57.3 Å². The minimum absolute atomic E-state index is 0.0160. The number of benzene rings is 3. The molecule has 7 rings (SSSR count). The van der Waals surface area contributed by atoms with Crippen LogP contribution < -0.4 is 20.9 Å². The Morgan fingerprint density at radius 1 is 1.04 bits per heavy atom. The molecule has 1 saturated heterocycles. The molecule has 0 bridgehead atoms. The van der Waals surface area contributed by atoms with Crippen LogP contribution in [0, 0.1) is 12.7 Å². The summed E-state index contributed by atoms with van der Waals surface area (Å²) in [6.45, 7) is 2.81. The number of ether oxygens (including phenoxy) is 2. The zero-order chi connectivity index (χ0) is 36.1. The number of rotatable bonds is 8. The predicted octanol–water partition coefficient (Wildman–Crippen LogP) is 3.13. The van der Waals surface area contributed by atoms with Gasteiger partial charge in [0, 0.05) is 24.1 Å². The van der Waals surface area contributed by atoms with Crippen molar-refractivity contribution < 1.29 is 42.6 Å². The number of amides is 5. The number of imide groups is 1. The fourth-order valence-corrected chi connectivity index (χ4v) is 6.92. The Hall–Kier alpha value is -6.33. The lowest BCUT2D eigenvalue weighted by atomic mass is 10.1. The number of carbonyl (C=O) groups is 6. The number of hydrogen-bond acceptors (Lipinski definition) is 11. The highest BCUT2D eigenvalue weighted by Crippen LogP contribution is 2.39. The predicted molar refractivity (Wildman–Crippen MR) is 180 cm³/mol. The first-order valence-corrected chi connectivity index (χ1v) is 16.2. The van der Waals surface area contributed by atoms with Crippen LogP contribution in [0.5, 0.6) is 0 Å². The Bertz CT molecular complexity index is 2270. The normalized spacial score (nSPS) is 16.4. The lowest BCUT2D eigenvalue weighted by Crippen LogP contribution is -2.56. The summed E-state index contributed by atoms with van der Waals surface area (Å²) in [5.41, 5.74) is 7.04. The number of fused-ring (bicyclic) bond motifs is 2. The minimum Gasteiger partial charge on any atom is -0.449 e. The third-order valence-electron chi connectivity index (χ3n) is 8.30. The van der Waals surface area contributed by atoms with Crippen LogP contribution in [-0.2, 0) is 23.9 Å². The number of nitrogens with one attached hydrogen (secondary N) is 1. The molecule has 2 atom stereocenters. The van der Waals surface area contributed by atoms with Gasteiger partial charge in [-0.15, -0.1) is 5.10 Å². The zero-order valence-corrected chi connectivity index (χ0v) is 27.6. The average molecular weight is 712 g/mol. The Labute approximate surface area is 291 Å². The summed E-state index contributed by atoms with van der Waals surface area (Å²) >= 11 is 0.781. The van der Waals surface area contributed by atoms with Crippen LogP contribution in [0.1, 0.15) is 43.7 Å². The van der Waals surface area contributed by atoms with Gasteiger partial charge in [0.1, 0.15) is 5.82 Å². The molecule has 0 spiro atoms. The molecular weight excluding hydrogens is 685 g/mol. The van der Waals surface area contributed by atoms with Crippen molar-refractivity contribution in [2.75, 3.05) is 28.3 Å². The van der Waals surface area contributed by atoms with E-state index in [0.717, 1.165) is 23.4 Å². The van der Waals surface area contributed by atoms with E-state index in [1.54, 1.807) is 25.1 Å². The van der Waals surface area contributed by atoms with Gasteiger partial charge in [-0.3, -0.25) is 33.7 Å². The van der Waals surface area contributed by atoms with Crippen LogP contribution in [0.25, 0.3) is 15.8 Å². The summed E-state index contributed by atoms with van der Waals surface area (Å²) in [6.07, 6.45) is -3.42. The van der Waals surface area contributed by atoms with Gasteiger partial charge in [0.15, 0.2) is 17.7 Å². The first-order chi connectivity index (χ1) is 24.4. The van der Waals surface area contributed by atoms with Crippen LogP contribution in [-0.4, -0.2) is 75.0 Å². The molecule has 17 heteroatoms. The second-order valence-electron chi connectivity index (χ2n) is 11.6. The van der Waals surface area contributed by atoms with Crippen molar-refractivity contribution in [3.63, 3.8) is 0 Å². The third kappa shape index (κ3) is 5.77. The molecule has 15 nitrogen and oxygen atoms in total. The number of aryl methyl sites for hydroxylation is 1. The summed E-state index contributed by atoms with van der Waals surface area (Å²) in [4.78, 5) is 81.1. The van der Waals surface area contributed by atoms with Crippen molar-refractivity contribution in [3.05, 3.63) is 94.9 Å². The van der Waals surface area contributed by atoms with Crippen LogP contribution in [0.4, 0.5) is 21.7 Å². The summed E-state index contributed by atoms with van der Waals surface area (Å²) in [5, 5.41) is 7.27.